The predicted molar refractivity (Wildman–Crippen MR) is 147 cm³/mol. The Morgan fingerprint density at radius 3 is 2.12 bits per heavy atom. The van der Waals surface area contributed by atoms with Crippen molar-refractivity contribution < 1.29 is 52.3 Å². The summed E-state index contributed by atoms with van der Waals surface area (Å²) in [6, 6.07) is 12.6. The van der Waals surface area contributed by atoms with Crippen LogP contribution in [0, 0.1) is 0 Å². The van der Waals surface area contributed by atoms with Gasteiger partial charge in [0, 0.05) is 38.3 Å². The molecule has 12 heteroatoms. The fraction of sp³-hybridized carbons (Fsp3) is 0.467. The number of benzene rings is 2. The standard InChI is InChI=1S/C30H33ClO11/c1-6-36-24-10-7-21(8-11-24)13-22-14-23(9-12-25(22)31)30-28(41-20(5)35)26(39-18(3)33)27(40-19(4)34)29(42-30,16-38-30)15-37-17(2)32/h7-12,14,26-28H,6,13,15-16H2,1-5H3. The molecule has 11 nitrogen and oxygen atoms in total. The van der Waals surface area contributed by atoms with Crippen molar-refractivity contribution in [2.45, 2.75) is 70.7 Å². The van der Waals surface area contributed by atoms with Crippen LogP contribution in [0.2, 0.25) is 5.02 Å². The van der Waals surface area contributed by atoms with Gasteiger partial charge in [0.05, 0.1) is 13.2 Å². The van der Waals surface area contributed by atoms with Gasteiger partial charge in [0.1, 0.15) is 12.4 Å². The predicted octanol–water partition coefficient (Wildman–Crippen LogP) is 3.64. The highest BCUT2D eigenvalue weighted by molar-refractivity contribution is 6.31. The van der Waals surface area contributed by atoms with E-state index in [-0.39, 0.29) is 6.61 Å². The van der Waals surface area contributed by atoms with Gasteiger partial charge in [-0.15, -0.1) is 0 Å². The smallest absolute Gasteiger partial charge is 0.303 e. The zero-order chi connectivity index (χ0) is 30.7. The summed E-state index contributed by atoms with van der Waals surface area (Å²) in [4.78, 5) is 48.7. The molecule has 42 heavy (non-hydrogen) atoms. The second-order valence-corrected chi connectivity index (χ2v) is 10.5. The van der Waals surface area contributed by atoms with E-state index in [2.05, 4.69) is 0 Å². The highest BCUT2D eigenvalue weighted by atomic mass is 35.5. The van der Waals surface area contributed by atoms with Crippen LogP contribution in [0.5, 0.6) is 5.75 Å². The zero-order valence-electron chi connectivity index (χ0n) is 24.0. The summed E-state index contributed by atoms with van der Waals surface area (Å²) < 4.78 is 40.5. The number of ether oxygens (including phenoxy) is 7. The first-order valence-electron chi connectivity index (χ1n) is 13.4. The minimum atomic E-state index is -1.85. The number of hydrogen-bond donors (Lipinski definition) is 0. The fourth-order valence-electron chi connectivity index (χ4n) is 5.24. The number of carbonyl (C=O) groups is 4. The highest BCUT2D eigenvalue weighted by Crippen LogP contribution is 2.53. The fourth-order valence-corrected chi connectivity index (χ4v) is 5.42. The second-order valence-electron chi connectivity index (χ2n) is 10.1. The molecule has 0 radical (unpaired) electrons. The second kappa shape index (κ2) is 12.7. The summed E-state index contributed by atoms with van der Waals surface area (Å²) in [5.41, 5.74) is 0.427. The minimum absolute atomic E-state index is 0.259. The molecule has 0 spiro atoms. The van der Waals surface area contributed by atoms with Gasteiger partial charge in [-0.3, -0.25) is 19.2 Å². The number of hydrogen-bond acceptors (Lipinski definition) is 11. The molecule has 0 N–H and O–H groups in total. The van der Waals surface area contributed by atoms with Gasteiger partial charge in [-0.25, -0.2) is 0 Å². The molecule has 4 rings (SSSR count). The van der Waals surface area contributed by atoms with E-state index in [1.165, 1.54) is 13.8 Å². The van der Waals surface area contributed by atoms with Gasteiger partial charge in [0.25, 0.3) is 0 Å². The molecule has 0 saturated carbocycles. The minimum Gasteiger partial charge on any atom is -0.494 e. The lowest BCUT2D eigenvalue weighted by atomic mass is 9.83. The third-order valence-corrected chi connectivity index (χ3v) is 7.23. The third kappa shape index (κ3) is 6.53. The summed E-state index contributed by atoms with van der Waals surface area (Å²) in [5, 5.41) is 0.461. The monoisotopic (exact) mass is 604 g/mol. The molecule has 2 saturated heterocycles. The van der Waals surface area contributed by atoms with Gasteiger partial charge >= 0.3 is 23.9 Å². The molecule has 5 unspecified atom stereocenters. The largest absolute Gasteiger partial charge is 0.494 e. The number of fused-ring (bicyclic) bond motifs is 2. The molecule has 226 valence electrons. The van der Waals surface area contributed by atoms with E-state index in [0.717, 1.165) is 25.2 Å². The first-order valence-corrected chi connectivity index (χ1v) is 13.8. The van der Waals surface area contributed by atoms with Crippen LogP contribution >= 0.6 is 11.6 Å². The van der Waals surface area contributed by atoms with Crippen LogP contribution in [0.1, 0.15) is 51.3 Å². The van der Waals surface area contributed by atoms with Crippen LogP contribution in [0.4, 0.5) is 0 Å². The van der Waals surface area contributed by atoms with Crippen LogP contribution in [0.25, 0.3) is 0 Å². The summed E-state index contributed by atoms with van der Waals surface area (Å²) in [5.74, 6) is -3.92. The Hall–Kier alpha value is -3.67. The third-order valence-electron chi connectivity index (χ3n) is 6.86. The number of carbonyl (C=O) groups excluding carboxylic acids is 4. The van der Waals surface area contributed by atoms with Gasteiger partial charge in [-0.1, -0.05) is 29.8 Å². The Morgan fingerprint density at radius 2 is 1.52 bits per heavy atom. The van der Waals surface area contributed by atoms with Gasteiger partial charge < -0.3 is 33.2 Å². The molecular weight excluding hydrogens is 572 g/mol. The van der Waals surface area contributed by atoms with Crippen molar-refractivity contribution in [1.29, 1.82) is 0 Å². The van der Waals surface area contributed by atoms with Crippen molar-refractivity contribution in [3.63, 3.8) is 0 Å². The maximum Gasteiger partial charge on any atom is 0.303 e. The molecule has 2 aliphatic heterocycles. The lowest BCUT2D eigenvalue weighted by Crippen LogP contribution is -2.68. The highest BCUT2D eigenvalue weighted by Gasteiger charge is 2.72. The van der Waals surface area contributed by atoms with Crippen molar-refractivity contribution in [2.24, 2.45) is 0 Å². The van der Waals surface area contributed by atoms with Crippen LogP contribution in [0.3, 0.4) is 0 Å². The van der Waals surface area contributed by atoms with Crippen molar-refractivity contribution in [2.75, 3.05) is 19.8 Å². The average molecular weight is 605 g/mol. The molecule has 5 atom stereocenters. The molecule has 0 aromatic heterocycles. The summed E-state index contributed by atoms with van der Waals surface area (Å²) in [6.07, 6.45) is -3.73. The Labute approximate surface area is 248 Å². The van der Waals surface area contributed by atoms with Crippen molar-refractivity contribution >= 4 is 35.5 Å². The number of esters is 4. The van der Waals surface area contributed by atoms with Crippen LogP contribution in [-0.2, 0) is 59.8 Å². The maximum absolute atomic E-state index is 12.4. The lowest BCUT2D eigenvalue weighted by Gasteiger charge is -2.49. The van der Waals surface area contributed by atoms with Crippen molar-refractivity contribution in [3.05, 3.63) is 64.2 Å². The first-order chi connectivity index (χ1) is 19.9. The molecule has 2 heterocycles. The molecule has 2 aromatic carbocycles. The van der Waals surface area contributed by atoms with E-state index < -0.39 is 60.2 Å². The van der Waals surface area contributed by atoms with Crippen molar-refractivity contribution in [1.82, 2.24) is 0 Å². The van der Waals surface area contributed by atoms with Crippen LogP contribution in [0.15, 0.2) is 42.5 Å². The Balaban J connectivity index is 1.82. The van der Waals surface area contributed by atoms with Gasteiger partial charge in [0.2, 0.25) is 11.9 Å². The van der Waals surface area contributed by atoms with E-state index in [1.54, 1.807) is 18.2 Å². The summed E-state index contributed by atoms with van der Waals surface area (Å²) >= 11 is 6.60. The Morgan fingerprint density at radius 1 is 0.881 bits per heavy atom. The van der Waals surface area contributed by atoms with Gasteiger partial charge in [0.15, 0.2) is 17.8 Å². The Kier molecular flexibility index (Phi) is 9.44. The average Bonchev–Trinajstić information content (AvgIpc) is 3.28. The first kappa shape index (κ1) is 31.3. The summed E-state index contributed by atoms with van der Waals surface area (Å²) in [7, 11) is 0. The van der Waals surface area contributed by atoms with Crippen LogP contribution in [-0.4, -0.2) is 67.6 Å². The Bertz CT molecular complexity index is 1340. The number of halogens is 1. The summed E-state index contributed by atoms with van der Waals surface area (Å²) in [6.45, 7) is 6.50. The topological polar surface area (TPSA) is 133 Å². The normalized spacial score (nSPS) is 26.2. The lowest BCUT2D eigenvalue weighted by molar-refractivity contribution is -0.334. The van der Waals surface area contributed by atoms with E-state index in [4.69, 9.17) is 44.8 Å². The molecule has 2 aliphatic rings. The SMILES string of the molecule is CCOc1ccc(Cc2cc(C34OCC(COC(C)=O)(O3)C(OC(C)=O)C(OC(C)=O)C4OC(C)=O)ccc2Cl)cc1. The molecule has 0 amide bonds. The molecule has 0 aliphatic carbocycles. The molecule has 2 aromatic rings. The van der Waals surface area contributed by atoms with E-state index >= 15 is 0 Å². The maximum atomic E-state index is 12.4. The van der Waals surface area contributed by atoms with E-state index in [0.29, 0.717) is 29.2 Å². The number of rotatable bonds is 10. The molecule has 2 fully saturated rings. The zero-order valence-corrected chi connectivity index (χ0v) is 24.7. The van der Waals surface area contributed by atoms with Crippen LogP contribution < -0.4 is 4.74 Å². The van der Waals surface area contributed by atoms with Gasteiger partial charge in [-0.05, 0) is 48.7 Å². The van der Waals surface area contributed by atoms with E-state index in [1.807, 2.05) is 31.2 Å². The molecule has 2 bridgehead atoms. The quantitative estimate of drug-likeness (QED) is 0.291. The van der Waals surface area contributed by atoms with E-state index in [9.17, 15) is 19.2 Å². The molecular formula is C30H33ClO11. The van der Waals surface area contributed by atoms with Crippen molar-refractivity contribution in [3.8, 4) is 5.75 Å². The van der Waals surface area contributed by atoms with Gasteiger partial charge in [-0.2, -0.15) is 0 Å².